The second-order valence-electron chi connectivity index (χ2n) is 4.02. The van der Waals surface area contributed by atoms with Crippen molar-refractivity contribution >= 4 is 6.21 Å². The van der Waals surface area contributed by atoms with Crippen molar-refractivity contribution in [3.05, 3.63) is 71.8 Å². The van der Waals surface area contributed by atoms with E-state index in [1.54, 1.807) is 0 Å². The van der Waals surface area contributed by atoms with Crippen molar-refractivity contribution in [2.45, 2.75) is 19.4 Å². The lowest BCUT2D eigenvalue weighted by molar-refractivity contribution is 0.704. The van der Waals surface area contributed by atoms with Crippen LogP contribution < -0.4 is 0 Å². The smallest absolute Gasteiger partial charge is 0.0746 e. The Kier molecular flexibility index (Phi) is 4.09. The predicted molar refractivity (Wildman–Crippen MR) is 73.5 cm³/mol. The third kappa shape index (κ3) is 3.28. The van der Waals surface area contributed by atoms with Crippen LogP contribution in [0.4, 0.5) is 0 Å². The second-order valence-corrected chi connectivity index (χ2v) is 4.02. The number of benzene rings is 2. The summed E-state index contributed by atoms with van der Waals surface area (Å²) in [6.07, 6.45) is 2.98. The van der Waals surface area contributed by atoms with Crippen LogP contribution in [-0.4, -0.2) is 6.21 Å². The van der Waals surface area contributed by atoms with Crippen molar-refractivity contribution < 1.29 is 0 Å². The van der Waals surface area contributed by atoms with Crippen LogP contribution in [0.15, 0.2) is 65.7 Å². The van der Waals surface area contributed by atoms with E-state index in [-0.39, 0.29) is 6.04 Å². The molecule has 2 aromatic rings. The van der Waals surface area contributed by atoms with Gasteiger partial charge in [0.2, 0.25) is 0 Å². The van der Waals surface area contributed by atoms with Gasteiger partial charge < -0.3 is 0 Å². The van der Waals surface area contributed by atoms with Gasteiger partial charge in [0.1, 0.15) is 0 Å². The normalized spacial score (nSPS) is 12.8. The third-order valence-corrected chi connectivity index (χ3v) is 2.77. The summed E-state index contributed by atoms with van der Waals surface area (Å²) < 4.78 is 0. The average Bonchev–Trinajstić information content (AvgIpc) is 2.42. The van der Waals surface area contributed by atoms with Crippen molar-refractivity contribution in [1.29, 1.82) is 0 Å². The van der Waals surface area contributed by atoms with Crippen LogP contribution in [0.25, 0.3) is 0 Å². The van der Waals surface area contributed by atoms with Crippen LogP contribution >= 0.6 is 0 Å². The quantitative estimate of drug-likeness (QED) is 0.687. The molecular formula is C16H17N. The van der Waals surface area contributed by atoms with Gasteiger partial charge in [0.15, 0.2) is 0 Å². The number of hydrogen-bond donors (Lipinski definition) is 0. The van der Waals surface area contributed by atoms with Crippen molar-refractivity contribution in [2.75, 3.05) is 0 Å². The molecule has 0 N–H and O–H groups in total. The lowest BCUT2D eigenvalue weighted by Crippen LogP contribution is -1.94. The SMILES string of the molecule is CC[C@@H](N=Cc1ccccc1)c1ccccc1. The molecule has 0 aliphatic carbocycles. The Labute approximate surface area is 103 Å². The molecule has 0 aliphatic heterocycles. The van der Waals surface area contributed by atoms with E-state index in [4.69, 9.17) is 0 Å². The molecule has 0 unspecified atom stereocenters. The van der Waals surface area contributed by atoms with Crippen LogP contribution in [0.3, 0.4) is 0 Å². The Balaban J connectivity index is 2.14. The van der Waals surface area contributed by atoms with Crippen LogP contribution in [0.5, 0.6) is 0 Å². The van der Waals surface area contributed by atoms with E-state index < -0.39 is 0 Å². The number of hydrogen-bond acceptors (Lipinski definition) is 1. The van der Waals surface area contributed by atoms with E-state index in [1.165, 1.54) is 5.56 Å². The number of aliphatic imine (C=N–C) groups is 1. The fourth-order valence-corrected chi connectivity index (χ4v) is 1.82. The Bertz CT molecular complexity index is 459. The topological polar surface area (TPSA) is 12.4 Å². The van der Waals surface area contributed by atoms with Gasteiger partial charge in [-0.05, 0) is 17.5 Å². The van der Waals surface area contributed by atoms with Crippen LogP contribution in [0.1, 0.15) is 30.5 Å². The first kappa shape index (κ1) is 11.6. The van der Waals surface area contributed by atoms with Gasteiger partial charge in [-0.2, -0.15) is 0 Å². The van der Waals surface area contributed by atoms with Gasteiger partial charge in [0.05, 0.1) is 6.04 Å². The maximum Gasteiger partial charge on any atom is 0.0746 e. The maximum atomic E-state index is 4.66. The Morgan fingerprint density at radius 3 is 2.12 bits per heavy atom. The maximum absolute atomic E-state index is 4.66. The van der Waals surface area contributed by atoms with Gasteiger partial charge in [0, 0.05) is 6.21 Å². The second kappa shape index (κ2) is 6.00. The average molecular weight is 223 g/mol. The summed E-state index contributed by atoms with van der Waals surface area (Å²) in [5.74, 6) is 0. The largest absolute Gasteiger partial charge is 0.284 e. The van der Waals surface area contributed by atoms with Crippen molar-refractivity contribution in [3.63, 3.8) is 0 Å². The molecule has 0 amide bonds. The molecule has 0 saturated heterocycles. The number of rotatable bonds is 4. The summed E-state index contributed by atoms with van der Waals surface area (Å²) in [6.45, 7) is 2.17. The summed E-state index contributed by atoms with van der Waals surface area (Å²) >= 11 is 0. The molecule has 0 radical (unpaired) electrons. The van der Waals surface area contributed by atoms with Gasteiger partial charge in [0.25, 0.3) is 0 Å². The first-order valence-electron chi connectivity index (χ1n) is 6.03. The predicted octanol–water partition coefficient (Wildman–Crippen LogP) is 4.26. The summed E-state index contributed by atoms with van der Waals surface area (Å²) in [6, 6.07) is 20.9. The lowest BCUT2D eigenvalue weighted by Gasteiger charge is -2.09. The van der Waals surface area contributed by atoms with E-state index in [0.29, 0.717) is 0 Å². The van der Waals surface area contributed by atoms with E-state index in [9.17, 15) is 0 Å². The molecule has 1 nitrogen and oxygen atoms in total. The molecule has 0 fully saturated rings. The first-order valence-corrected chi connectivity index (χ1v) is 6.03. The molecule has 2 aromatic carbocycles. The molecule has 0 bridgehead atoms. The van der Waals surface area contributed by atoms with E-state index in [2.05, 4.69) is 48.3 Å². The fourth-order valence-electron chi connectivity index (χ4n) is 1.82. The molecule has 2 rings (SSSR count). The molecule has 86 valence electrons. The highest BCUT2D eigenvalue weighted by Gasteiger charge is 2.04. The molecule has 0 aliphatic rings. The molecule has 1 atom stereocenters. The molecule has 0 heterocycles. The minimum Gasteiger partial charge on any atom is -0.284 e. The highest BCUT2D eigenvalue weighted by Crippen LogP contribution is 2.20. The van der Waals surface area contributed by atoms with Crippen molar-refractivity contribution in [2.24, 2.45) is 4.99 Å². The zero-order chi connectivity index (χ0) is 11.9. The van der Waals surface area contributed by atoms with Crippen LogP contribution in [0.2, 0.25) is 0 Å². The van der Waals surface area contributed by atoms with Crippen molar-refractivity contribution in [1.82, 2.24) is 0 Å². The summed E-state index contributed by atoms with van der Waals surface area (Å²) in [4.78, 5) is 4.66. The Hall–Kier alpha value is -1.89. The fraction of sp³-hybridized carbons (Fsp3) is 0.188. The Morgan fingerprint density at radius 1 is 0.941 bits per heavy atom. The molecule has 1 heteroatoms. The third-order valence-electron chi connectivity index (χ3n) is 2.77. The van der Waals surface area contributed by atoms with Gasteiger partial charge in [-0.15, -0.1) is 0 Å². The Morgan fingerprint density at radius 2 is 1.53 bits per heavy atom. The van der Waals surface area contributed by atoms with Crippen molar-refractivity contribution in [3.8, 4) is 0 Å². The van der Waals surface area contributed by atoms with Gasteiger partial charge in [-0.1, -0.05) is 67.6 Å². The summed E-state index contributed by atoms with van der Waals surface area (Å²) in [5, 5.41) is 0. The standard InChI is InChI=1S/C16H17N/c1-2-16(15-11-7-4-8-12-15)17-13-14-9-5-3-6-10-14/h3-13,16H,2H2,1H3/t16-/m1/s1. The molecule has 0 spiro atoms. The lowest BCUT2D eigenvalue weighted by atomic mass is 10.1. The molecule has 0 aromatic heterocycles. The minimum atomic E-state index is 0.261. The molecule has 17 heavy (non-hydrogen) atoms. The van der Waals surface area contributed by atoms with E-state index >= 15 is 0 Å². The highest BCUT2D eigenvalue weighted by molar-refractivity contribution is 5.79. The zero-order valence-electron chi connectivity index (χ0n) is 10.1. The van der Waals surface area contributed by atoms with Crippen LogP contribution in [0, 0.1) is 0 Å². The summed E-state index contributed by atoms with van der Waals surface area (Å²) in [7, 11) is 0. The monoisotopic (exact) mass is 223 g/mol. The van der Waals surface area contributed by atoms with Gasteiger partial charge in [-0.3, -0.25) is 4.99 Å². The van der Waals surface area contributed by atoms with E-state index in [1.807, 2.05) is 30.5 Å². The minimum absolute atomic E-state index is 0.261. The first-order chi connectivity index (χ1) is 8.40. The van der Waals surface area contributed by atoms with Crippen LogP contribution in [-0.2, 0) is 0 Å². The van der Waals surface area contributed by atoms with E-state index in [0.717, 1.165) is 12.0 Å². The molecular weight excluding hydrogens is 206 g/mol. The van der Waals surface area contributed by atoms with Gasteiger partial charge >= 0.3 is 0 Å². The summed E-state index contributed by atoms with van der Waals surface area (Å²) in [5.41, 5.74) is 2.43. The molecule has 0 saturated carbocycles. The van der Waals surface area contributed by atoms with Gasteiger partial charge in [-0.25, -0.2) is 0 Å². The zero-order valence-corrected chi connectivity index (χ0v) is 10.1. The highest BCUT2D eigenvalue weighted by atomic mass is 14.8. The number of nitrogens with zero attached hydrogens (tertiary/aromatic N) is 1.